The second-order valence-corrected chi connectivity index (χ2v) is 7.36. The molecule has 2 amide bonds. The Kier molecular flexibility index (Phi) is 5.86. The van der Waals surface area contributed by atoms with Crippen molar-refractivity contribution in [1.82, 2.24) is 10.2 Å². The predicted molar refractivity (Wildman–Crippen MR) is 116 cm³/mol. The topological polar surface area (TPSA) is 61.4 Å². The number of para-hydroxylation sites is 1. The highest BCUT2D eigenvalue weighted by Crippen LogP contribution is 2.30. The van der Waals surface area contributed by atoms with E-state index in [0.29, 0.717) is 12.2 Å². The minimum absolute atomic E-state index is 0.0390. The van der Waals surface area contributed by atoms with Crippen LogP contribution >= 0.6 is 0 Å². The summed E-state index contributed by atoms with van der Waals surface area (Å²) in [6.45, 7) is 2.40. The fraction of sp³-hybridized carbons (Fsp3) is 0.250. The van der Waals surface area contributed by atoms with E-state index in [-0.39, 0.29) is 6.04 Å². The van der Waals surface area contributed by atoms with Crippen LogP contribution in [0.15, 0.2) is 72.8 Å². The van der Waals surface area contributed by atoms with E-state index in [1.807, 2.05) is 30.3 Å². The van der Waals surface area contributed by atoms with Gasteiger partial charge in [-0.15, -0.1) is 0 Å². The van der Waals surface area contributed by atoms with E-state index in [2.05, 4.69) is 45.9 Å². The third kappa shape index (κ3) is 4.46. The molecule has 0 aromatic heterocycles. The standard InChI is InChI=1S/C24H25N3O2/c28-23(24(29)26-19-11-2-1-3-12-19)25-17-22(27-15-6-7-16-27)21-14-8-10-18-9-4-5-13-20(18)21/h1-5,8-14,22H,6-7,15-17H2,(H,25,28)(H,26,29). The first-order valence-electron chi connectivity index (χ1n) is 10.1. The Balaban J connectivity index is 1.51. The fourth-order valence-corrected chi connectivity index (χ4v) is 4.01. The lowest BCUT2D eigenvalue weighted by Crippen LogP contribution is -2.41. The highest BCUT2D eigenvalue weighted by Gasteiger charge is 2.26. The van der Waals surface area contributed by atoms with E-state index in [4.69, 9.17) is 0 Å². The van der Waals surface area contributed by atoms with E-state index in [1.165, 1.54) is 16.3 Å². The van der Waals surface area contributed by atoms with Crippen LogP contribution in [0.3, 0.4) is 0 Å². The van der Waals surface area contributed by atoms with Crippen molar-refractivity contribution in [3.05, 3.63) is 78.4 Å². The molecule has 4 rings (SSSR count). The van der Waals surface area contributed by atoms with Gasteiger partial charge in [0, 0.05) is 12.2 Å². The number of nitrogens with one attached hydrogen (secondary N) is 2. The number of carbonyl (C=O) groups excluding carboxylic acids is 2. The number of hydrogen-bond donors (Lipinski definition) is 2. The first-order valence-corrected chi connectivity index (χ1v) is 10.1. The van der Waals surface area contributed by atoms with Gasteiger partial charge in [-0.2, -0.15) is 0 Å². The van der Waals surface area contributed by atoms with Gasteiger partial charge in [0.25, 0.3) is 0 Å². The molecule has 1 unspecified atom stereocenters. The number of anilines is 1. The van der Waals surface area contributed by atoms with Crippen molar-refractivity contribution in [2.24, 2.45) is 0 Å². The minimum atomic E-state index is -0.644. The van der Waals surface area contributed by atoms with Crippen molar-refractivity contribution < 1.29 is 9.59 Å². The van der Waals surface area contributed by atoms with Crippen molar-refractivity contribution in [2.75, 3.05) is 25.0 Å². The minimum Gasteiger partial charge on any atom is -0.346 e. The largest absolute Gasteiger partial charge is 0.346 e. The summed E-state index contributed by atoms with van der Waals surface area (Å²) in [7, 11) is 0. The molecule has 0 saturated carbocycles. The summed E-state index contributed by atoms with van der Waals surface area (Å²) in [5.41, 5.74) is 1.80. The second-order valence-electron chi connectivity index (χ2n) is 7.36. The van der Waals surface area contributed by atoms with Gasteiger partial charge in [0.05, 0.1) is 6.04 Å². The Bertz CT molecular complexity index is 992. The average molecular weight is 387 g/mol. The van der Waals surface area contributed by atoms with Gasteiger partial charge in [-0.3, -0.25) is 14.5 Å². The Morgan fingerprint density at radius 3 is 2.31 bits per heavy atom. The molecule has 1 saturated heterocycles. The van der Waals surface area contributed by atoms with Gasteiger partial charge in [0.2, 0.25) is 0 Å². The van der Waals surface area contributed by atoms with Crippen LogP contribution in [0, 0.1) is 0 Å². The first-order chi connectivity index (χ1) is 14.2. The van der Waals surface area contributed by atoms with Gasteiger partial charge < -0.3 is 10.6 Å². The summed E-state index contributed by atoms with van der Waals surface area (Å²) in [5, 5.41) is 7.86. The lowest BCUT2D eigenvalue weighted by molar-refractivity contribution is -0.136. The molecule has 0 spiro atoms. The molecule has 1 fully saturated rings. The van der Waals surface area contributed by atoms with Crippen LogP contribution in [-0.2, 0) is 9.59 Å². The van der Waals surface area contributed by atoms with Gasteiger partial charge in [0.15, 0.2) is 0 Å². The molecular formula is C24H25N3O2. The van der Waals surface area contributed by atoms with Crippen LogP contribution in [0.5, 0.6) is 0 Å². The van der Waals surface area contributed by atoms with Crippen molar-refractivity contribution >= 4 is 28.3 Å². The molecule has 0 aliphatic carbocycles. The molecule has 0 radical (unpaired) electrons. The van der Waals surface area contributed by atoms with Crippen molar-refractivity contribution in [2.45, 2.75) is 18.9 Å². The molecule has 148 valence electrons. The van der Waals surface area contributed by atoms with Crippen molar-refractivity contribution in [3.63, 3.8) is 0 Å². The quantitative estimate of drug-likeness (QED) is 0.656. The molecule has 0 bridgehead atoms. The van der Waals surface area contributed by atoms with Gasteiger partial charge in [0.1, 0.15) is 0 Å². The molecule has 3 aromatic carbocycles. The summed E-state index contributed by atoms with van der Waals surface area (Å²) in [4.78, 5) is 27.1. The summed E-state index contributed by atoms with van der Waals surface area (Å²) < 4.78 is 0. The molecule has 1 aliphatic rings. The van der Waals surface area contributed by atoms with Crippen LogP contribution in [-0.4, -0.2) is 36.3 Å². The normalized spacial score (nSPS) is 15.2. The number of amides is 2. The maximum absolute atomic E-state index is 12.4. The monoisotopic (exact) mass is 387 g/mol. The zero-order valence-electron chi connectivity index (χ0n) is 16.3. The molecule has 5 nitrogen and oxygen atoms in total. The average Bonchev–Trinajstić information content (AvgIpc) is 3.29. The number of fused-ring (bicyclic) bond motifs is 1. The third-order valence-corrected chi connectivity index (χ3v) is 5.46. The third-order valence-electron chi connectivity index (χ3n) is 5.46. The SMILES string of the molecule is O=C(NCC(c1cccc2ccccc12)N1CCCC1)C(=O)Nc1ccccc1. The number of hydrogen-bond acceptors (Lipinski definition) is 3. The van der Waals surface area contributed by atoms with Crippen molar-refractivity contribution in [3.8, 4) is 0 Å². The fourth-order valence-electron chi connectivity index (χ4n) is 4.01. The Hall–Kier alpha value is -3.18. The van der Waals surface area contributed by atoms with Crippen molar-refractivity contribution in [1.29, 1.82) is 0 Å². The maximum Gasteiger partial charge on any atom is 0.313 e. The number of rotatable bonds is 5. The van der Waals surface area contributed by atoms with Gasteiger partial charge in [-0.1, -0.05) is 60.7 Å². The molecule has 2 N–H and O–H groups in total. The van der Waals surface area contributed by atoms with E-state index < -0.39 is 11.8 Å². The summed E-state index contributed by atoms with van der Waals surface area (Å²) in [6.07, 6.45) is 2.31. The summed E-state index contributed by atoms with van der Waals surface area (Å²) in [5.74, 6) is -1.26. The maximum atomic E-state index is 12.4. The van der Waals surface area contributed by atoms with Crippen LogP contribution in [0.1, 0.15) is 24.4 Å². The Morgan fingerprint density at radius 2 is 1.52 bits per heavy atom. The number of benzene rings is 3. The Morgan fingerprint density at radius 1 is 0.828 bits per heavy atom. The highest BCUT2D eigenvalue weighted by atomic mass is 16.2. The van der Waals surface area contributed by atoms with E-state index >= 15 is 0 Å². The lowest BCUT2D eigenvalue weighted by Gasteiger charge is -2.29. The number of carbonyl (C=O) groups is 2. The zero-order valence-corrected chi connectivity index (χ0v) is 16.3. The van der Waals surface area contributed by atoms with Gasteiger partial charge in [-0.05, 0) is 54.4 Å². The van der Waals surface area contributed by atoms with Crippen LogP contribution < -0.4 is 10.6 Å². The lowest BCUT2D eigenvalue weighted by atomic mass is 9.97. The highest BCUT2D eigenvalue weighted by molar-refractivity contribution is 6.39. The van der Waals surface area contributed by atoms with E-state index in [1.54, 1.807) is 12.1 Å². The molecule has 29 heavy (non-hydrogen) atoms. The Labute approximate surface area is 170 Å². The van der Waals surface area contributed by atoms with Crippen LogP contribution in [0.25, 0.3) is 10.8 Å². The summed E-state index contributed by atoms with van der Waals surface area (Å²) in [6, 6.07) is 23.6. The van der Waals surface area contributed by atoms with Gasteiger partial charge >= 0.3 is 11.8 Å². The molecule has 3 aromatic rings. The number of nitrogens with zero attached hydrogens (tertiary/aromatic N) is 1. The number of likely N-dealkylation sites (tertiary alicyclic amines) is 1. The zero-order chi connectivity index (χ0) is 20.1. The van der Waals surface area contributed by atoms with E-state index in [9.17, 15) is 9.59 Å². The molecule has 1 aliphatic heterocycles. The predicted octanol–water partition coefficient (Wildman–Crippen LogP) is 3.73. The molecule has 1 atom stereocenters. The molecular weight excluding hydrogens is 362 g/mol. The van der Waals surface area contributed by atoms with Crippen LogP contribution in [0.2, 0.25) is 0 Å². The van der Waals surface area contributed by atoms with E-state index in [0.717, 1.165) is 25.9 Å². The first kappa shape index (κ1) is 19.2. The smallest absolute Gasteiger partial charge is 0.313 e. The second kappa shape index (κ2) is 8.88. The summed E-state index contributed by atoms with van der Waals surface area (Å²) >= 11 is 0. The van der Waals surface area contributed by atoms with Crippen LogP contribution in [0.4, 0.5) is 5.69 Å². The van der Waals surface area contributed by atoms with Gasteiger partial charge in [-0.25, -0.2) is 0 Å². The molecule has 1 heterocycles. The molecule has 5 heteroatoms.